The van der Waals surface area contributed by atoms with Crippen LogP contribution in [0.25, 0.3) is 10.8 Å². The molecular weight excluding hydrogens is 338 g/mol. The molecule has 1 amide bonds. The van der Waals surface area contributed by atoms with Gasteiger partial charge in [-0.3, -0.25) is 14.7 Å². The molecule has 2 N–H and O–H groups in total. The van der Waals surface area contributed by atoms with E-state index >= 15 is 0 Å². The van der Waals surface area contributed by atoms with Gasteiger partial charge in [-0.25, -0.2) is 4.98 Å². The topological polar surface area (TPSA) is 75.3 Å². The zero-order chi connectivity index (χ0) is 18.8. The zero-order valence-electron chi connectivity index (χ0n) is 15.4. The van der Waals surface area contributed by atoms with Crippen molar-refractivity contribution in [1.82, 2.24) is 14.9 Å². The van der Waals surface area contributed by atoms with Gasteiger partial charge in [0.1, 0.15) is 11.5 Å². The maximum absolute atomic E-state index is 11.3. The largest absolute Gasteiger partial charge is 0.364 e. The maximum Gasteiger partial charge on any atom is 0.268 e. The van der Waals surface area contributed by atoms with Crippen molar-refractivity contribution >= 4 is 22.5 Å². The van der Waals surface area contributed by atoms with E-state index in [0.717, 1.165) is 32.7 Å². The fourth-order valence-corrected chi connectivity index (χ4v) is 3.67. The van der Waals surface area contributed by atoms with Crippen LogP contribution >= 0.6 is 0 Å². The van der Waals surface area contributed by atoms with Gasteiger partial charge in [0.05, 0.1) is 12.4 Å². The lowest BCUT2D eigenvalue weighted by molar-refractivity contribution is 0.0995. The van der Waals surface area contributed by atoms with Crippen molar-refractivity contribution in [2.24, 2.45) is 5.73 Å². The van der Waals surface area contributed by atoms with Crippen LogP contribution in [-0.2, 0) is 6.54 Å². The molecule has 3 aromatic rings. The van der Waals surface area contributed by atoms with Gasteiger partial charge in [0.2, 0.25) is 0 Å². The minimum absolute atomic E-state index is 0.209. The van der Waals surface area contributed by atoms with Crippen molar-refractivity contribution in [3.63, 3.8) is 0 Å². The lowest BCUT2D eigenvalue weighted by atomic mass is 10.0. The summed E-state index contributed by atoms with van der Waals surface area (Å²) in [6.45, 7) is 6.66. The number of amides is 1. The number of aryl methyl sites for hydroxylation is 1. The summed E-state index contributed by atoms with van der Waals surface area (Å²) in [5.41, 5.74) is 8.19. The molecule has 0 radical (unpaired) electrons. The Morgan fingerprint density at radius 3 is 2.56 bits per heavy atom. The van der Waals surface area contributed by atoms with E-state index < -0.39 is 5.91 Å². The van der Waals surface area contributed by atoms with Gasteiger partial charge in [0.15, 0.2) is 0 Å². The molecule has 4 rings (SSSR count). The van der Waals surface area contributed by atoms with Crippen LogP contribution in [-0.4, -0.2) is 47.0 Å². The summed E-state index contributed by atoms with van der Waals surface area (Å²) in [6, 6.07) is 13.0. The molecule has 1 aromatic heterocycles. The molecule has 0 unspecified atom stereocenters. The molecule has 0 bridgehead atoms. The van der Waals surface area contributed by atoms with Gasteiger partial charge < -0.3 is 10.6 Å². The van der Waals surface area contributed by atoms with E-state index in [1.807, 2.05) is 0 Å². The summed E-state index contributed by atoms with van der Waals surface area (Å²) in [4.78, 5) is 24.3. The van der Waals surface area contributed by atoms with Crippen molar-refractivity contribution in [3.8, 4) is 0 Å². The van der Waals surface area contributed by atoms with Crippen LogP contribution in [0.5, 0.6) is 0 Å². The lowest BCUT2D eigenvalue weighted by Crippen LogP contribution is -2.46. The molecule has 2 heterocycles. The van der Waals surface area contributed by atoms with Crippen LogP contribution in [0.4, 0.5) is 5.82 Å². The molecule has 1 fully saturated rings. The summed E-state index contributed by atoms with van der Waals surface area (Å²) >= 11 is 0. The Hall–Kier alpha value is -2.99. The standard InChI is InChI=1S/C21H23N5O/c1-15-4-2-7-18-16(5-3-6-17(15)18)14-25-8-10-26(11-9-25)20-13-23-12-19(24-20)21(22)27/h2-7,12-13H,8-11,14H2,1H3,(H2,22,27). The Labute approximate surface area is 158 Å². The molecule has 0 spiro atoms. The van der Waals surface area contributed by atoms with Crippen LogP contribution in [0.3, 0.4) is 0 Å². The van der Waals surface area contributed by atoms with Crippen molar-refractivity contribution < 1.29 is 4.79 Å². The van der Waals surface area contributed by atoms with Crippen molar-refractivity contribution in [2.45, 2.75) is 13.5 Å². The number of anilines is 1. The van der Waals surface area contributed by atoms with Gasteiger partial charge >= 0.3 is 0 Å². The Balaban J connectivity index is 1.45. The SMILES string of the molecule is Cc1cccc2c(CN3CCN(c4cncc(C(N)=O)n4)CC3)cccc12. The van der Waals surface area contributed by atoms with Gasteiger partial charge in [0, 0.05) is 32.7 Å². The summed E-state index contributed by atoms with van der Waals surface area (Å²) in [6.07, 6.45) is 3.10. The van der Waals surface area contributed by atoms with Crippen LogP contribution < -0.4 is 10.6 Å². The molecule has 1 saturated heterocycles. The third-order valence-electron chi connectivity index (χ3n) is 5.19. The first-order valence-electron chi connectivity index (χ1n) is 9.18. The van der Waals surface area contributed by atoms with E-state index in [0.29, 0.717) is 5.82 Å². The Morgan fingerprint density at radius 2 is 1.78 bits per heavy atom. The molecule has 1 aliphatic heterocycles. The van der Waals surface area contributed by atoms with E-state index in [9.17, 15) is 4.79 Å². The fraction of sp³-hybridized carbons (Fsp3) is 0.286. The molecule has 138 valence electrons. The number of fused-ring (bicyclic) bond motifs is 1. The Morgan fingerprint density at radius 1 is 1.04 bits per heavy atom. The average molecular weight is 361 g/mol. The van der Waals surface area contributed by atoms with Crippen molar-refractivity contribution in [3.05, 3.63) is 65.6 Å². The summed E-state index contributed by atoms with van der Waals surface area (Å²) in [7, 11) is 0. The number of hydrogen-bond donors (Lipinski definition) is 1. The van der Waals surface area contributed by atoms with E-state index in [-0.39, 0.29) is 5.69 Å². The molecular formula is C21H23N5O. The number of piperazine rings is 1. The zero-order valence-corrected chi connectivity index (χ0v) is 15.4. The lowest BCUT2D eigenvalue weighted by Gasteiger charge is -2.35. The molecule has 0 aliphatic carbocycles. The highest BCUT2D eigenvalue weighted by Gasteiger charge is 2.19. The van der Waals surface area contributed by atoms with Gasteiger partial charge in [0.25, 0.3) is 5.91 Å². The summed E-state index contributed by atoms with van der Waals surface area (Å²) in [5, 5.41) is 2.66. The van der Waals surface area contributed by atoms with Gasteiger partial charge in [-0.2, -0.15) is 0 Å². The van der Waals surface area contributed by atoms with Gasteiger partial charge in [-0.15, -0.1) is 0 Å². The first-order valence-corrected chi connectivity index (χ1v) is 9.18. The van der Waals surface area contributed by atoms with Crippen molar-refractivity contribution in [1.29, 1.82) is 0 Å². The molecule has 1 aliphatic rings. The number of nitrogens with two attached hydrogens (primary N) is 1. The van der Waals surface area contributed by atoms with Crippen LogP contribution in [0, 0.1) is 6.92 Å². The third kappa shape index (κ3) is 3.61. The number of carbonyl (C=O) groups is 1. The van der Waals surface area contributed by atoms with E-state index in [1.165, 1.54) is 28.1 Å². The predicted octanol–water partition coefficient (Wildman–Crippen LogP) is 2.36. The molecule has 2 aromatic carbocycles. The fourth-order valence-electron chi connectivity index (χ4n) is 3.67. The maximum atomic E-state index is 11.3. The average Bonchev–Trinajstić information content (AvgIpc) is 2.69. The summed E-state index contributed by atoms with van der Waals surface area (Å²) < 4.78 is 0. The van der Waals surface area contributed by atoms with Crippen LogP contribution in [0.2, 0.25) is 0 Å². The number of rotatable bonds is 4. The molecule has 6 nitrogen and oxygen atoms in total. The minimum atomic E-state index is -0.547. The van der Waals surface area contributed by atoms with Gasteiger partial charge in [-0.05, 0) is 28.8 Å². The number of nitrogens with zero attached hydrogens (tertiary/aromatic N) is 4. The first kappa shape index (κ1) is 17.4. The Kier molecular flexibility index (Phi) is 4.73. The van der Waals surface area contributed by atoms with E-state index in [2.05, 4.69) is 63.1 Å². The highest BCUT2D eigenvalue weighted by atomic mass is 16.1. The second-order valence-electron chi connectivity index (χ2n) is 6.98. The number of aromatic nitrogens is 2. The van der Waals surface area contributed by atoms with Crippen LogP contribution in [0.1, 0.15) is 21.6 Å². The predicted molar refractivity (Wildman–Crippen MR) is 107 cm³/mol. The molecule has 0 atom stereocenters. The van der Waals surface area contributed by atoms with E-state index in [1.54, 1.807) is 6.20 Å². The molecule has 27 heavy (non-hydrogen) atoms. The number of benzene rings is 2. The highest BCUT2D eigenvalue weighted by molar-refractivity contribution is 5.90. The number of carbonyl (C=O) groups excluding carboxylic acids is 1. The third-order valence-corrected chi connectivity index (χ3v) is 5.19. The molecule has 6 heteroatoms. The highest BCUT2D eigenvalue weighted by Crippen LogP contribution is 2.24. The summed E-state index contributed by atoms with van der Waals surface area (Å²) in [5.74, 6) is 0.168. The van der Waals surface area contributed by atoms with Crippen molar-refractivity contribution in [2.75, 3.05) is 31.1 Å². The normalized spacial score (nSPS) is 15.2. The molecule has 0 saturated carbocycles. The van der Waals surface area contributed by atoms with Gasteiger partial charge in [-0.1, -0.05) is 36.4 Å². The smallest absolute Gasteiger partial charge is 0.268 e. The quantitative estimate of drug-likeness (QED) is 0.772. The first-order chi connectivity index (χ1) is 13.1. The second kappa shape index (κ2) is 7.32. The van der Waals surface area contributed by atoms with E-state index in [4.69, 9.17) is 5.73 Å². The van der Waals surface area contributed by atoms with Crippen LogP contribution in [0.15, 0.2) is 48.8 Å². The number of hydrogen-bond acceptors (Lipinski definition) is 5. The monoisotopic (exact) mass is 361 g/mol. The minimum Gasteiger partial charge on any atom is -0.364 e. The Bertz CT molecular complexity index is 979. The number of primary amides is 1. The second-order valence-corrected chi connectivity index (χ2v) is 6.98.